The quantitative estimate of drug-likeness (QED) is 0.400. The molecule has 0 unspecified atom stereocenters. The van der Waals surface area contributed by atoms with Crippen molar-refractivity contribution < 1.29 is 0 Å². The van der Waals surface area contributed by atoms with Gasteiger partial charge in [0.1, 0.15) is 12.1 Å². The Kier molecular flexibility index (Phi) is 4.87. The van der Waals surface area contributed by atoms with E-state index in [2.05, 4.69) is 43.2 Å². The predicted molar refractivity (Wildman–Crippen MR) is 121 cm³/mol. The molecule has 2 aromatic carbocycles. The number of anilines is 1. The van der Waals surface area contributed by atoms with Crippen LogP contribution < -0.4 is 5.32 Å². The van der Waals surface area contributed by atoms with Gasteiger partial charge < -0.3 is 9.88 Å². The number of aromatic nitrogens is 4. The zero-order valence-electron chi connectivity index (χ0n) is 16.0. The summed E-state index contributed by atoms with van der Waals surface area (Å²) < 4.78 is 2.05. The van der Waals surface area contributed by atoms with Gasteiger partial charge in [-0.05, 0) is 35.9 Å². The molecule has 146 valence electrons. The smallest absolute Gasteiger partial charge is 0.150 e. The number of nitrogens with one attached hydrogen (secondary N) is 1. The second-order valence-electron chi connectivity index (χ2n) is 6.85. The largest absolute Gasteiger partial charge is 0.364 e. The van der Waals surface area contributed by atoms with Crippen LogP contribution >= 0.6 is 11.6 Å². The number of rotatable bonds is 5. The van der Waals surface area contributed by atoms with Gasteiger partial charge in [-0.1, -0.05) is 54.1 Å². The van der Waals surface area contributed by atoms with Crippen LogP contribution in [0.15, 0.2) is 91.5 Å². The number of hydrogen-bond acceptors (Lipinski definition) is 4. The van der Waals surface area contributed by atoms with Gasteiger partial charge in [-0.15, -0.1) is 0 Å². The van der Waals surface area contributed by atoms with Gasteiger partial charge in [0, 0.05) is 28.7 Å². The zero-order valence-corrected chi connectivity index (χ0v) is 16.8. The van der Waals surface area contributed by atoms with Gasteiger partial charge in [0.15, 0.2) is 5.65 Å². The van der Waals surface area contributed by atoms with E-state index in [1.807, 2.05) is 60.7 Å². The summed E-state index contributed by atoms with van der Waals surface area (Å²) in [7, 11) is 0. The van der Waals surface area contributed by atoms with Crippen molar-refractivity contribution in [2.75, 3.05) is 5.32 Å². The zero-order chi connectivity index (χ0) is 20.3. The van der Waals surface area contributed by atoms with E-state index in [1.54, 1.807) is 12.5 Å². The topological polar surface area (TPSA) is 55.6 Å². The standard InChI is InChI=1S/C24H18ClN5/c25-18-9-6-11-20(13-18)30-15-21(17-7-2-1-3-8-17)22-23(28-16-29-24(22)30)27-14-19-10-4-5-12-26-19/h1-13,15-16H,14H2,(H,27,28,29). The first-order valence-electron chi connectivity index (χ1n) is 9.61. The van der Waals surface area contributed by atoms with Crippen LogP contribution in [0.5, 0.6) is 0 Å². The van der Waals surface area contributed by atoms with Crippen molar-refractivity contribution >= 4 is 28.5 Å². The number of halogens is 1. The molecule has 0 amide bonds. The summed E-state index contributed by atoms with van der Waals surface area (Å²) in [5.74, 6) is 0.769. The van der Waals surface area contributed by atoms with Crippen molar-refractivity contribution in [3.8, 4) is 16.8 Å². The molecule has 5 aromatic rings. The molecule has 6 heteroatoms. The fourth-order valence-electron chi connectivity index (χ4n) is 3.53. The third kappa shape index (κ3) is 3.51. The maximum Gasteiger partial charge on any atom is 0.150 e. The van der Waals surface area contributed by atoms with Gasteiger partial charge in [0.25, 0.3) is 0 Å². The molecule has 0 fully saturated rings. The van der Waals surface area contributed by atoms with Crippen molar-refractivity contribution in [1.29, 1.82) is 0 Å². The Labute approximate surface area is 179 Å². The molecule has 0 aliphatic rings. The summed E-state index contributed by atoms with van der Waals surface area (Å²) >= 11 is 6.25. The number of pyridine rings is 1. The van der Waals surface area contributed by atoms with E-state index >= 15 is 0 Å². The van der Waals surface area contributed by atoms with Gasteiger partial charge in [-0.2, -0.15) is 0 Å². The third-order valence-corrected chi connectivity index (χ3v) is 5.15. The van der Waals surface area contributed by atoms with E-state index in [9.17, 15) is 0 Å². The first-order valence-corrected chi connectivity index (χ1v) is 9.98. The second-order valence-corrected chi connectivity index (χ2v) is 7.29. The van der Waals surface area contributed by atoms with E-state index in [0.29, 0.717) is 11.6 Å². The molecule has 0 saturated carbocycles. The minimum Gasteiger partial charge on any atom is -0.364 e. The monoisotopic (exact) mass is 411 g/mol. The Bertz CT molecular complexity index is 1300. The molecular formula is C24H18ClN5. The lowest BCUT2D eigenvalue weighted by molar-refractivity contribution is 1.02. The molecule has 0 saturated heterocycles. The Morgan fingerprint density at radius 1 is 0.867 bits per heavy atom. The number of hydrogen-bond donors (Lipinski definition) is 1. The number of benzene rings is 2. The maximum atomic E-state index is 6.25. The summed E-state index contributed by atoms with van der Waals surface area (Å²) in [5.41, 5.74) is 4.85. The first-order chi connectivity index (χ1) is 14.8. The van der Waals surface area contributed by atoms with Gasteiger partial charge >= 0.3 is 0 Å². The third-order valence-electron chi connectivity index (χ3n) is 4.92. The second kappa shape index (κ2) is 7.97. The highest BCUT2D eigenvalue weighted by Gasteiger charge is 2.17. The van der Waals surface area contributed by atoms with E-state index in [1.165, 1.54) is 0 Å². The normalized spacial score (nSPS) is 11.0. The molecule has 30 heavy (non-hydrogen) atoms. The molecular weight excluding hydrogens is 394 g/mol. The van der Waals surface area contributed by atoms with Gasteiger partial charge in [-0.25, -0.2) is 9.97 Å². The highest BCUT2D eigenvalue weighted by Crippen LogP contribution is 2.35. The molecule has 1 N–H and O–H groups in total. The predicted octanol–water partition coefficient (Wildman–Crippen LogP) is 5.75. The molecule has 5 nitrogen and oxygen atoms in total. The number of nitrogens with zero attached hydrogens (tertiary/aromatic N) is 4. The van der Waals surface area contributed by atoms with Crippen LogP contribution in [0.25, 0.3) is 27.8 Å². The van der Waals surface area contributed by atoms with Gasteiger partial charge in [-0.3, -0.25) is 4.98 Å². The summed E-state index contributed by atoms with van der Waals surface area (Å²) in [5, 5.41) is 5.07. The summed E-state index contributed by atoms with van der Waals surface area (Å²) in [6.07, 6.45) is 5.46. The Morgan fingerprint density at radius 3 is 2.53 bits per heavy atom. The van der Waals surface area contributed by atoms with E-state index in [-0.39, 0.29) is 0 Å². The van der Waals surface area contributed by atoms with Crippen LogP contribution in [0.1, 0.15) is 5.69 Å². The van der Waals surface area contributed by atoms with Crippen LogP contribution in [0.4, 0.5) is 5.82 Å². The van der Waals surface area contributed by atoms with Crippen molar-refractivity contribution in [2.45, 2.75) is 6.54 Å². The maximum absolute atomic E-state index is 6.25. The van der Waals surface area contributed by atoms with E-state index in [0.717, 1.165) is 39.4 Å². The molecule has 3 aromatic heterocycles. The Morgan fingerprint density at radius 2 is 1.73 bits per heavy atom. The van der Waals surface area contributed by atoms with E-state index < -0.39 is 0 Å². The lowest BCUT2D eigenvalue weighted by Gasteiger charge is -2.09. The Hall–Kier alpha value is -3.70. The van der Waals surface area contributed by atoms with Crippen LogP contribution in [-0.4, -0.2) is 19.5 Å². The highest BCUT2D eigenvalue weighted by atomic mass is 35.5. The summed E-state index contributed by atoms with van der Waals surface area (Å²) in [6, 6.07) is 23.9. The molecule has 3 heterocycles. The fraction of sp³-hybridized carbons (Fsp3) is 0.0417. The lowest BCUT2D eigenvalue weighted by Crippen LogP contribution is -2.04. The van der Waals surface area contributed by atoms with Gasteiger partial charge in [0.2, 0.25) is 0 Å². The summed E-state index contributed by atoms with van der Waals surface area (Å²) in [6.45, 7) is 0.573. The SMILES string of the molecule is Clc1cccc(-n2cc(-c3ccccc3)c3c(NCc4ccccn4)ncnc32)c1. The van der Waals surface area contributed by atoms with Crippen LogP contribution in [0.3, 0.4) is 0 Å². The van der Waals surface area contributed by atoms with Crippen molar-refractivity contribution in [3.05, 3.63) is 102 Å². The van der Waals surface area contributed by atoms with Crippen molar-refractivity contribution in [1.82, 2.24) is 19.5 Å². The minimum absolute atomic E-state index is 0.573. The molecule has 0 spiro atoms. The summed E-state index contributed by atoms with van der Waals surface area (Å²) in [4.78, 5) is 13.5. The van der Waals surface area contributed by atoms with Crippen molar-refractivity contribution in [2.24, 2.45) is 0 Å². The molecule has 0 aliphatic heterocycles. The highest BCUT2D eigenvalue weighted by molar-refractivity contribution is 6.30. The Balaban J connectivity index is 1.68. The number of fused-ring (bicyclic) bond motifs is 1. The fourth-order valence-corrected chi connectivity index (χ4v) is 3.72. The first kappa shape index (κ1) is 18.3. The minimum atomic E-state index is 0.573. The average molecular weight is 412 g/mol. The molecule has 0 aliphatic carbocycles. The molecule has 0 bridgehead atoms. The van der Waals surface area contributed by atoms with E-state index in [4.69, 9.17) is 11.6 Å². The molecule has 0 atom stereocenters. The molecule has 5 rings (SSSR count). The average Bonchev–Trinajstić information content (AvgIpc) is 3.19. The molecule has 0 radical (unpaired) electrons. The van der Waals surface area contributed by atoms with Crippen LogP contribution in [0, 0.1) is 0 Å². The van der Waals surface area contributed by atoms with Crippen LogP contribution in [-0.2, 0) is 6.54 Å². The van der Waals surface area contributed by atoms with Crippen LogP contribution in [0.2, 0.25) is 5.02 Å². The van der Waals surface area contributed by atoms with Crippen molar-refractivity contribution in [3.63, 3.8) is 0 Å². The van der Waals surface area contributed by atoms with Gasteiger partial charge in [0.05, 0.1) is 17.6 Å². The lowest BCUT2D eigenvalue weighted by atomic mass is 10.1.